The Morgan fingerprint density at radius 1 is 0.322 bits per heavy atom. The van der Waals surface area contributed by atoms with Crippen LogP contribution in [-0.2, 0) is 5.41 Å². The van der Waals surface area contributed by atoms with Crippen LogP contribution >= 0.6 is 0 Å². The lowest BCUT2D eigenvalue weighted by Gasteiger charge is -2.22. The summed E-state index contributed by atoms with van der Waals surface area (Å²) >= 11 is 0. The van der Waals surface area contributed by atoms with E-state index in [1.165, 1.54) is 22.1 Å². The normalized spacial score (nSPS) is 12.0. The van der Waals surface area contributed by atoms with Crippen LogP contribution in [0.1, 0.15) is 26.3 Å². The Morgan fingerprint density at radius 2 is 0.712 bits per heavy atom. The summed E-state index contributed by atoms with van der Waals surface area (Å²) < 4.78 is 0. The van der Waals surface area contributed by atoms with Gasteiger partial charge < -0.3 is 4.98 Å². The van der Waals surface area contributed by atoms with E-state index in [4.69, 9.17) is 9.97 Å². The molecule has 4 heterocycles. The maximum atomic E-state index is 5.58. The molecule has 7 aromatic carbocycles. The molecule has 0 fully saturated rings. The van der Waals surface area contributed by atoms with Crippen LogP contribution in [0.25, 0.3) is 111 Å². The number of nitrogens with zero attached hydrogens (tertiary/aromatic N) is 2. The van der Waals surface area contributed by atoms with Gasteiger partial charge in [-0.15, -0.1) is 0 Å². The van der Waals surface area contributed by atoms with E-state index in [9.17, 15) is 0 Å². The molecule has 3 nitrogen and oxygen atoms in total. The second-order valence-corrected chi connectivity index (χ2v) is 16.8. The lowest BCUT2D eigenvalue weighted by atomic mass is 9.83. The highest BCUT2D eigenvalue weighted by atomic mass is 14.8. The molecule has 1 aliphatic rings. The average Bonchev–Trinajstić information content (AvgIpc) is 3.67. The fourth-order valence-corrected chi connectivity index (χ4v) is 8.70. The Morgan fingerprint density at radius 3 is 1.20 bits per heavy atom. The predicted molar refractivity (Wildman–Crippen MR) is 247 cm³/mol. The summed E-state index contributed by atoms with van der Waals surface area (Å²) in [5, 5.41) is 2.34. The highest BCUT2D eigenvalue weighted by molar-refractivity contribution is 6.18. The number of H-pyrrole nitrogens is 1. The molecule has 11 rings (SSSR count). The van der Waals surface area contributed by atoms with Gasteiger partial charge >= 0.3 is 0 Å². The standard InChI is InChI=1S/C56H41N3/c1-56(2,3)45-25-43-24-44(26-45)50-31-41(37-20-12-6-13-21-37)33-52(57-50)53-34-42(38-22-14-7-15-23-38)32-51(58-53)49-30-40(36-18-10-5-11-19-36)29-48-47-28-39(35-16-8-4-9-17-35)27-46(43)54(47)59-55(48)49/h4-34,59H,1-3H3. The minimum Gasteiger partial charge on any atom is -0.353 e. The number of hydrogen-bond acceptors (Lipinski definition) is 2. The summed E-state index contributed by atoms with van der Waals surface area (Å²) in [6, 6.07) is 68.1. The summed E-state index contributed by atoms with van der Waals surface area (Å²) in [4.78, 5) is 15.1. The molecule has 3 heteroatoms. The molecule has 59 heavy (non-hydrogen) atoms. The predicted octanol–water partition coefficient (Wildman–Crippen LogP) is 15.1. The van der Waals surface area contributed by atoms with E-state index in [0.717, 1.165) is 94.8 Å². The molecular formula is C56H41N3. The van der Waals surface area contributed by atoms with Gasteiger partial charge in [-0.1, -0.05) is 148 Å². The third kappa shape index (κ3) is 6.23. The maximum Gasteiger partial charge on any atom is 0.0900 e. The third-order valence-corrected chi connectivity index (χ3v) is 11.8. The van der Waals surface area contributed by atoms with Gasteiger partial charge in [0.05, 0.1) is 33.8 Å². The van der Waals surface area contributed by atoms with E-state index in [0.29, 0.717) is 0 Å². The van der Waals surface area contributed by atoms with Crippen molar-refractivity contribution in [3.63, 3.8) is 0 Å². The summed E-state index contributed by atoms with van der Waals surface area (Å²) in [7, 11) is 0. The monoisotopic (exact) mass is 755 g/mol. The first kappa shape index (κ1) is 34.9. The number of aromatic amines is 1. The largest absolute Gasteiger partial charge is 0.353 e. The van der Waals surface area contributed by atoms with Crippen LogP contribution in [0.2, 0.25) is 0 Å². The molecular weight excluding hydrogens is 715 g/mol. The van der Waals surface area contributed by atoms with Gasteiger partial charge in [-0.25, -0.2) is 9.97 Å². The highest BCUT2D eigenvalue weighted by Gasteiger charge is 2.23. The molecule has 0 amide bonds. The minimum atomic E-state index is -0.120. The topological polar surface area (TPSA) is 41.6 Å². The van der Waals surface area contributed by atoms with E-state index in [2.05, 4.69) is 214 Å². The lowest BCUT2D eigenvalue weighted by Crippen LogP contribution is -2.11. The molecule has 0 atom stereocenters. The average molecular weight is 756 g/mol. The fraction of sp³-hybridized carbons (Fsp3) is 0.0714. The number of hydrogen-bond donors (Lipinski definition) is 1. The molecule has 0 saturated heterocycles. The second-order valence-electron chi connectivity index (χ2n) is 16.8. The summed E-state index contributed by atoms with van der Waals surface area (Å²) in [5.41, 5.74) is 20.3. The van der Waals surface area contributed by atoms with Crippen molar-refractivity contribution in [2.75, 3.05) is 0 Å². The van der Waals surface area contributed by atoms with Crippen molar-refractivity contribution in [3.05, 3.63) is 194 Å². The van der Waals surface area contributed by atoms with E-state index in [1.807, 2.05) is 0 Å². The first-order valence-electron chi connectivity index (χ1n) is 20.4. The fourth-order valence-electron chi connectivity index (χ4n) is 8.70. The Balaban J connectivity index is 1.34. The number of nitrogens with one attached hydrogen (secondary N) is 1. The zero-order chi connectivity index (χ0) is 39.7. The summed E-state index contributed by atoms with van der Waals surface area (Å²) in [5.74, 6) is 0. The van der Waals surface area contributed by atoms with Gasteiger partial charge in [-0.3, -0.25) is 0 Å². The zero-order valence-electron chi connectivity index (χ0n) is 33.3. The molecule has 0 radical (unpaired) electrons. The van der Waals surface area contributed by atoms with E-state index >= 15 is 0 Å². The van der Waals surface area contributed by atoms with Crippen molar-refractivity contribution in [1.29, 1.82) is 0 Å². The first-order chi connectivity index (χ1) is 28.8. The molecule has 0 aliphatic carbocycles. The van der Waals surface area contributed by atoms with Gasteiger partial charge in [-0.05, 0) is 122 Å². The Bertz CT molecular complexity index is 3210. The first-order valence-corrected chi connectivity index (χ1v) is 20.4. The van der Waals surface area contributed by atoms with Crippen LogP contribution in [-0.4, -0.2) is 15.0 Å². The molecule has 0 spiro atoms. The Kier molecular flexibility index (Phi) is 8.06. The zero-order valence-corrected chi connectivity index (χ0v) is 33.3. The Hall–Kier alpha value is -7.36. The lowest BCUT2D eigenvalue weighted by molar-refractivity contribution is 0.590. The van der Waals surface area contributed by atoms with E-state index in [1.54, 1.807) is 0 Å². The summed E-state index contributed by atoms with van der Waals surface area (Å²) in [6.45, 7) is 6.89. The van der Waals surface area contributed by atoms with Gasteiger partial charge in [0.25, 0.3) is 0 Å². The maximum absolute atomic E-state index is 5.58. The van der Waals surface area contributed by atoms with Gasteiger partial charge in [-0.2, -0.15) is 0 Å². The smallest absolute Gasteiger partial charge is 0.0900 e. The van der Waals surface area contributed by atoms with Gasteiger partial charge in [0, 0.05) is 27.5 Å². The van der Waals surface area contributed by atoms with Crippen molar-refractivity contribution >= 4 is 21.8 Å². The van der Waals surface area contributed by atoms with Gasteiger partial charge in [0.15, 0.2) is 0 Å². The van der Waals surface area contributed by atoms with Crippen molar-refractivity contribution in [2.24, 2.45) is 0 Å². The van der Waals surface area contributed by atoms with Crippen LogP contribution in [0.5, 0.6) is 0 Å². The number of rotatable bonds is 4. The number of aromatic nitrogens is 3. The van der Waals surface area contributed by atoms with Crippen LogP contribution in [0.15, 0.2) is 188 Å². The number of fused-ring (bicyclic) bond motifs is 11. The molecule has 0 saturated carbocycles. The molecule has 10 aromatic rings. The molecule has 0 unspecified atom stereocenters. The van der Waals surface area contributed by atoms with Crippen molar-refractivity contribution in [1.82, 2.24) is 15.0 Å². The molecule has 280 valence electrons. The van der Waals surface area contributed by atoms with Crippen LogP contribution in [0, 0.1) is 0 Å². The second kappa shape index (κ2) is 13.6. The van der Waals surface area contributed by atoms with Crippen LogP contribution < -0.4 is 0 Å². The van der Waals surface area contributed by atoms with E-state index in [-0.39, 0.29) is 5.41 Å². The Labute approximate surface area is 344 Å². The highest BCUT2D eigenvalue weighted by Crippen LogP contribution is 2.45. The minimum absolute atomic E-state index is 0.120. The van der Waals surface area contributed by atoms with Crippen LogP contribution in [0.4, 0.5) is 0 Å². The quantitative estimate of drug-likeness (QED) is 0.194. The SMILES string of the molecule is CC(C)(C)c1cc2cc(c1)-c1cc(-c3ccccc3)cc3c1[nH]c1c(cc(-c4ccccc4)cc13)-c1cc(-c3ccccc3)cc(n1)-c1cc(-c3ccccc3)cc-2n1. The van der Waals surface area contributed by atoms with Crippen molar-refractivity contribution < 1.29 is 0 Å². The molecule has 1 N–H and O–H groups in total. The molecule has 8 bridgehead atoms. The molecule has 3 aromatic heterocycles. The number of benzene rings is 7. The van der Waals surface area contributed by atoms with Gasteiger partial charge in [0.2, 0.25) is 0 Å². The van der Waals surface area contributed by atoms with Crippen LogP contribution in [0.3, 0.4) is 0 Å². The van der Waals surface area contributed by atoms with E-state index < -0.39 is 0 Å². The molecule has 1 aliphatic heterocycles. The van der Waals surface area contributed by atoms with Crippen molar-refractivity contribution in [3.8, 4) is 89.5 Å². The van der Waals surface area contributed by atoms with Crippen molar-refractivity contribution in [2.45, 2.75) is 26.2 Å². The van der Waals surface area contributed by atoms with Gasteiger partial charge in [0.1, 0.15) is 0 Å². The number of pyridine rings is 2. The third-order valence-electron chi connectivity index (χ3n) is 11.8. The summed E-state index contributed by atoms with van der Waals surface area (Å²) in [6.07, 6.45) is 0.